The molecule has 0 amide bonds. The van der Waals surface area contributed by atoms with Crippen molar-refractivity contribution in [3.63, 3.8) is 0 Å². The van der Waals surface area contributed by atoms with Crippen molar-refractivity contribution in [2.45, 2.75) is 44.6 Å². The predicted octanol–water partition coefficient (Wildman–Crippen LogP) is 3.43. The fraction of sp³-hybridized carbons (Fsp3) is 0.500. The van der Waals surface area contributed by atoms with E-state index < -0.39 is 0 Å². The number of aryl methyl sites for hydroxylation is 1. The Morgan fingerprint density at radius 3 is 2.67 bits per heavy atom. The highest BCUT2D eigenvalue weighted by Crippen LogP contribution is 2.39. The SMILES string of the molecule is COC1(c2noc(-c3ccc(N)c(C)c3)n2)CCCCC1. The molecular formula is C16H21N3O2. The number of benzene rings is 1. The first kappa shape index (κ1) is 14.1. The highest BCUT2D eigenvalue weighted by Gasteiger charge is 2.38. The van der Waals surface area contributed by atoms with Crippen molar-refractivity contribution in [3.8, 4) is 11.5 Å². The smallest absolute Gasteiger partial charge is 0.258 e. The van der Waals surface area contributed by atoms with Crippen LogP contribution in [0.4, 0.5) is 5.69 Å². The fourth-order valence-corrected chi connectivity index (χ4v) is 2.98. The van der Waals surface area contributed by atoms with Crippen molar-refractivity contribution in [1.82, 2.24) is 10.1 Å². The van der Waals surface area contributed by atoms with Gasteiger partial charge in [0.25, 0.3) is 5.89 Å². The summed E-state index contributed by atoms with van der Waals surface area (Å²) in [5.41, 5.74) is 8.12. The van der Waals surface area contributed by atoms with Crippen molar-refractivity contribution >= 4 is 5.69 Å². The van der Waals surface area contributed by atoms with Gasteiger partial charge in [0, 0.05) is 18.4 Å². The Labute approximate surface area is 124 Å². The van der Waals surface area contributed by atoms with Gasteiger partial charge in [0.2, 0.25) is 5.82 Å². The second kappa shape index (κ2) is 5.48. The van der Waals surface area contributed by atoms with Gasteiger partial charge in [0.15, 0.2) is 0 Å². The lowest BCUT2D eigenvalue weighted by atomic mass is 9.84. The number of anilines is 1. The molecule has 21 heavy (non-hydrogen) atoms. The van der Waals surface area contributed by atoms with Gasteiger partial charge in [-0.3, -0.25) is 0 Å². The molecule has 1 saturated carbocycles. The summed E-state index contributed by atoms with van der Waals surface area (Å²) in [5, 5.41) is 4.17. The second-order valence-corrected chi connectivity index (χ2v) is 5.75. The third-order valence-corrected chi connectivity index (χ3v) is 4.40. The average molecular weight is 287 g/mol. The van der Waals surface area contributed by atoms with Crippen LogP contribution in [-0.2, 0) is 10.3 Å². The molecule has 5 heteroatoms. The second-order valence-electron chi connectivity index (χ2n) is 5.75. The molecule has 1 fully saturated rings. The molecule has 2 N–H and O–H groups in total. The average Bonchev–Trinajstić information content (AvgIpc) is 3.01. The minimum atomic E-state index is -0.386. The van der Waals surface area contributed by atoms with Gasteiger partial charge < -0.3 is 15.0 Å². The molecule has 1 heterocycles. The van der Waals surface area contributed by atoms with Crippen LogP contribution < -0.4 is 5.73 Å². The monoisotopic (exact) mass is 287 g/mol. The molecule has 5 nitrogen and oxygen atoms in total. The summed E-state index contributed by atoms with van der Waals surface area (Å²) in [6, 6.07) is 5.73. The lowest BCUT2D eigenvalue weighted by Gasteiger charge is -2.32. The van der Waals surface area contributed by atoms with Crippen LogP contribution in [0.5, 0.6) is 0 Å². The molecular weight excluding hydrogens is 266 g/mol. The normalized spacial score (nSPS) is 17.8. The molecule has 1 aromatic heterocycles. The molecule has 3 rings (SSSR count). The van der Waals surface area contributed by atoms with E-state index in [1.54, 1.807) is 7.11 Å². The van der Waals surface area contributed by atoms with E-state index in [0.29, 0.717) is 11.7 Å². The van der Waals surface area contributed by atoms with E-state index in [4.69, 9.17) is 15.0 Å². The van der Waals surface area contributed by atoms with Gasteiger partial charge >= 0.3 is 0 Å². The van der Waals surface area contributed by atoms with E-state index in [1.165, 1.54) is 6.42 Å². The lowest BCUT2D eigenvalue weighted by molar-refractivity contribution is -0.0527. The molecule has 0 radical (unpaired) electrons. The minimum absolute atomic E-state index is 0.386. The first-order valence-electron chi connectivity index (χ1n) is 7.40. The van der Waals surface area contributed by atoms with Crippen LogP contribution in [0.1, 0.15) is 43.5 Å². The van der Waals surface area contributed by atoms with Crippen LogP contribution >= 0.6 is 0 Å². The lowest BCUT2D eigenvalue weighted by Crippen LogP contribution is -2.32. The number of hydrogen-bond donors (Lipinski definition) is 1. The Morgan fingerprint density at radius 2 is 2.00 bits per heavy atom. The number of aromatic nitrogens is 2. The highest BCUT2D eigenvalue weighted by molar-refractivity contribution is 5.60. The number of hydrogen-bond acceptors (Lipinski definition) is 5. The Bertz CT molecular complexity index is 630. The summed E-state index contributed by atoms with van der Waals surface area (Å²) < 4.78 is 11.2. The zero-order valence-corrected chi connectivity index (χ0v) is 12.6. The quantitative estimate of drug-likeness (QED) is 0.875. The third-order valence-electron chi connectivity index (χ3n) is 4.40. The molecule has 0 aliphatic heterocycles. The van der Waals surface area contributed by atoms with E-state index in [-0.39, 0.29) is 5.60 Å². The van der Waals surface area contributed by atoms with Crippen LogP contribution in [0.15, 0.2) is 22.7 Å². The molecule has 0 saturated heterocycles. The zero-order chi connectivity index (χ0) is 14.9. The maximum absolute atomic E-state index is 5.84. The Hall–Kier alpha value is -1.88. The Kier molecular flexibility index (Phi) is 3.68. The van der Waals surface area contributed by atoms with E-state index in [0.717, 1.165) is 42.5 Å². The van der Waals surface area contributed by atoms with Gasteiger partial charge in [0.05, 0.1) is 0 Å². The van der Waals surface area contributed by atoms with Gasteiger partial charge in [0.1, 0.15) is 5.60 Å². The van der Waals surface area contributed by atoms with Gasteiger partial charge in [-0.25, -0.2) is 0 Å². The molecule has 0 bridgehead atoms. The molecule has 0 atom stereocenters. The maximum atomic E-state index is 5.84. The van der Waals surface area contributed by atoms with Crippen molar-refractivity contribution < 1.29 is 9.26 Å². The Morgan fingerprint density at radius 1 is 1.24 bits per heavy atom. The van der Waals surface area contributed by atoms with E-state index in [2.05, 4.69) is 10.1 Å². The van der Waals surface area contributed by atoms with Gasteiger partial charge in [-0.15, -0.1) is 0 Å². The first-order valence-corrected chi connectivity index (χ1v) is 7.40. The molecule has 1 aromatic carbocycles. The topological polar surface area (TPSA) is 74.2 Å². The summed E-state index contributed by atoms with van der Waals surface area (Å²) in [6.07, 6.45) is 5.41. The number of nitrogens with two attached hydrogens (primary N) is 1. The molecule has 1 aliphatic rings. The van der Waals surface area contributed by atoms with Crippen molar-refractivity contribution in [2.75, 3.05) is 12.8 Å². The van der Waals surface area contributed by atoms with Gasteiger partial charge in [-0.05, 0) is 43.5 Å². The fourth-order valence-electron chi connectivity index (χ4n) is 2.98. The summed E-state index contributed by atoms with van der Waals surface area (Å²) in [4.78, 5) is 4.57. The van der Waals surface area contributed by atoms with Crippen LogP contribution in [0, 0.1) is 6.92 Å². The third kappa shape index (κ3) is 2.53. The van der Waals surface area contributed by atoms with Crippen LogP contribution in [0.2, 0.25) is 0 Å². The molecule has 0 unspecified atom stereocenters. The summed E-state index contributed by atoms with van der Waals surface area (Å²) in [7, 11) is 1.73. The van der Waals surface area contributed by atoms with Crippen molar-refractivity contribution in [1.29, 1.82) is 0 Å². The zero-order valence-electron chi connectivity index (χ0n) is 12.6. The van der Waals surface area contributed by atoms with Crippen LogP contribution in [0.25, 0.3) is 11.5 Å². The van der Waals surface area contributed by atoms with Crippen molar-refractivity contribution in [2.24, 2.45) is 0 Å². The van der Waals surface area contributed by atoms with Crippen LogP contribution in [0.3, 0.4) is 0 Å². The number of ether oxygens (including phenoxy) is 1. The number of rotatable bonds is 3. The molecule has 0 spiro atoms. The van der Waals surface area contributed by atoms with E-state index in [9.17, 15) is 0 Å². The van der Waals surface area contributed by atoms with Crippen molar-refractivity contribution in [3.05, 3.63) is 29.6 Å². The summed E-state index contributed by atoms with van der Waals surface area (Å²) >= 11 is 0. The largest absolute Gasteiger partial charge is 0.399 e. The Balaban J connectivity index is 1.93. The number of nitrogen functional groups attached to an aromatic ring is 1. The van der Waals surface area contributed by atoms with E-state index >= 15 is 0 Å². The highest BCUT2D eigenvalue weighted by atomic mass is 16.5. The molecule has 2 aromatic rings. The van der Waals surface area contributed by atoms with Gasteiger partial charge in [-0.1, -0.05) is 24.4 Å². The molecule has 112 valence electrons. The molecule has 1 aliphatic carbocycles. The summed E-state index contributed by atoms with van der Waals surface area (Å²) in [5.74, 6) is 1.18. The first-order chi connectivity index (χ1) is 10.1. The minimum Gasteiger partial charge on any atom is -0.399 e. The number of nitrogens with zero attached hydrogens (tertiary/aromatic N) is 2. The van der Waals surface area contributed by atoms with Crippen LogP contribution in [-0.4, -0.2) is 17.3 Å². The summed E-state index contributed by atoms with van der Waals surface area (Å²) in [6.45, 7) is 1.97. The standard InChI is InChI=1S/C16H21N3O2/c1-11-10-12(6-7-13(11)17)14-18-15(19-21-14)16(20-2)8-4-3-5-9-16/h6-7,10H,3-5,8-9,17H2,1-2H3. The number of methoxy groups -OCH3 is 1. The predicted molar refractivity (Wildman–Crippen MR) is 80.7 cm³/mol. The van der Waals surface area contributed by atoms with Gasteiger partial charge in [-0.2, -0.15) is 4.98 Å². The maximum Gasteiger partial charge on any atom is 0.258 e. The van der Waals surface area contributed by atoms with E-state index in [1.807, 2.05) is 25.1 Å².